The van der Waals surface area contributed by atoms with Crippen LogP contribution in [-0.2, 0) is 17.3 Å². The van der Waals surface area contributed by atoms with E-state index < -0.39 is 46.6 Å². The molecule has 0 N–H and O–H groups in total. The molecule has 0 radical (unpaired) electrons. The van der Waals surface area contributed by atoms with E-state index in [1.54, 1.807) is 0 Å². The standard InChI is InChI=1S/C10H13IO.C9H10FIO.CH3I/c1-10(2)8-6-4-5-7-9(8)11(3)12-10;1-9(2)7-5-3-4-6-8(7)11(10)12-9;1-2/h4-7H,1-3H3;3-6H,1-2H3;1H3. The molecule has 0 aromatic heterocycles. The molecule has 0 unspecified atom stereocenters. The minimum atomic E-state index is -2.74. The molecule has 0 atom stereocenters. The van der Waals surface area contributed by atoms with Gasteiger partial charge in [-0.3, -0.25) is 0 Å². The summed E-state index contributed by atoms with van der Waals surface area (Å²) in [5, 5.41) is 0. The molecule has 0 spiro atoms. The summed E-state index contributed by atoms with van der Waals surface area (Å²) in [7, 11) is 0. The number of halogens is 4. The van der Waals surface area contributed by atoms with Gasteiger partial charge in [-0.05, 0) is 4.93 Å². The fourth-order valence-corrected chi connectivity index (χ4v) is 10.6. The van der Waals surface area contributed by atoms with Crippen LogP contribution in [0.5, 0.6) is 0 Å². The monoisotopic (exact) mass is 698 g/mol. The molecule has 0 saturated heterocycles. The van der Waals surface area contributed by atoms with Crippen LogP contribution in [0.1, 0.15) is 38.8 Å². The fourth-order valence-electron chi connectivity index (χ4n) is 2.89. The van der Waals surface area contributed by atoms with Gasteiger partial charge in [0.05, 0.1) is 0 Å². The van der Waals surface area contributed by atoms with Crippen molar-refractivity contribution in [2.75, 3.05) is 9.86 Å². The van der Waals surface area contributed by atoms with Crippen molar-refractivity contribution in [3.63, 3.8) is 0 Å². The summed E-state index contributed by atoms with van der Waals surface area (Å²) < 4.78 is 26.9. The Hall–Kier alpha value is 0.480. The Bertz CT molecular complexity index is 686. The number of hydrogen-bond donors (Lipinski definition) is 0. The van der Waals surface area contributed by atoms with Gasteiger partial charge in [0, 0.05) is 0 Å². The Morgan fingerprint density at radius 1 is 0.769 bits per heavy atom. The van der Waals surface area contributed by atoms with Crippen molar-refractivity contribution in [2.45, 2.75) is 38.9 Å². The summed E-state index contributed by atoms with van der Waals surface area (Å²) in [4.78, 5) is 4.23. The molecule has 0 saturated carbocycles. The van der Waals surface area contributed by atoms with Crippen molar-refractivity contribution >= 4 is 63.6 Å². The predicted octanol–water partition coefficient (Wildman–Crippen LogP) is 7.65. The van der Waals surface area contributed by atoms with Gasteiger partial charge in [0.15, 0.2) is 0 Å². The van der Waals surface area contributed by atoms with E-state index in [1.165, 1.54) is 9.13 Å². The summed E-state index contributed by atoms with van der Waals surface area (Å²) >= 11 is -1.83. The van der Waals surface area contributed by atoms with Gasteiger partial charge in [-0.15, -0.1) is 0 Å². The summed E-state index contributed by atoms with van der Waals surface area (Å²) in [6, 6.07) is 16.2. The Kier molecular flexibility index (Phi) is 8.16. The SMILES string of the molecule is CC1(C)OI(F)c2ccccc21.CI.CI1OC(C)(C)c2ccccc21. The Morgan fingerprint density at radius 3 is 1.69 bits per heavy atom. The molecule has 0 fully saturated rings. The summed E-state index contributed by atoms with van der Waals surface area (Å²) in [5.74, 6) is 0. The number of fused-ring (bicyclic) bond motifs is 2. The van der Waals surface area contributed by atoms with E-state index in [0.29, 0.717) is 0 Å². The van der Waals surface area contributed by atoms with Crippen molar-refractivity contribution in [3.8, 4) is 0 Å². The molecule has 2 aromatic rings. The van der Waals surface area contributed by atoms with Gasteiger partial charge < -0.3 is 0 Å². The molecule has 26 heavy (non-hydrogen) atoms. The molecule has 2 aliphatic rings. The number of rotatable bonds is 0. The van der Waals surface area contributed by atoms with E-state index in [0.717, 1.165) is 9.13 Å². The number of hydrogen-bond acceptors (Lipinski definition) is 2. The van der Waals surface area contributed by atoms with Gasteiger partial charge in [-0.25, -0.2) is 0 Å². The van der Waals surface area contributed by atoms with E-state index in [1.807, 2.05) is 43.0 Å². The first-order chi connectivity index (χ1) is 12.2. The van der Waals surface area contributed by atoms with Crippen molar-refractivity contribution in [3.05, 3.63) is 66.8 Å². The van der Waals surface area contributed by atoms with Crippen LogP contribution in [0.15, 0.2) is 48.5 Å². The second-order valence-electron chi connectivity index (χ2n) is 6.76. The molecule has 4 rings (SSSR count). The summed E-state index contributed by atoms with van der Waals surface area (Å²) in [6.45, 7) is 8.16. The molecule has 2 aliphatic heterocycles. The molecular formula is C20H26FI3O2. The van der Waals surface area contributed by atoms with Crippen molar-refractivity contribution < 1.29 is 8.99 Å². The van der Waals surface area contributed by atoms with Crippen molar-refractivity contribution in [1.29, 1.82) is 0 Å². The maximum atomic E-state index is 13.3. The Morgan fingerprint density at radius 2 is 1.19 bits per heavy atom. The Balaban J connectivity index is 0.000000171. The molecular weight excluding hydrogens is 672 g/mol. The minimum absolute atomic E-state index is 0.0316. The molecule has 2 heterocycles. The third-order valence-corrected chi connectivity index (χ3v) is 11.7. The van der Waals surface area contributed by atoms with Crippen LogP contribution in [0.2, 0.25) is 0 Å². The molecule has 6 heteroatoms. The fraction of sp³-hybridized carbons (Fsp3) is 0.400. The molecule has 146 valence electrons. The van der Waals surface area contributed by atoms with E-state index in [9.17, 15) is 2.86 Å². The zero-order valence-electron chi connectivity index (χ0n) is 15.9. The second kappa shape index (κ2) is 9.32. The van der Waals surface area contributed by atoms with E-state index in [2.05, 4.69) is 65.6 Å². The van der Waals surface area contributed by atoms with Crippen LogP contribution in [-0.4, -0.2) is 9.86 Å². The Labute approximate surface area is 186 Å². The summed E-state index contributed by atoms with van der Waals surface area (Å²) in [5.41, 5.74) is 1.99. The van der Waals surface area contributed by atoms with Gasteiger partial charge >= 0.3 is 161 Å². The van der Waals surface area contributed by atoms with Crippen LogP contribution >= 0.6 is 63.6 Å². The first-order valence-corrected chi connectivity index (χ1v) is 17.2. The van der Waals surface area contributed by atoms with Crippen LogP contribution in [0.4, 0.5) is 2.86 Å². The second-order valence-corrected chi connectivity index (χ2v) is 13.5. The van der Waals surface area contributed by atoms with E-state index >= 15 is 0 Å². The third-order valence-electron chi connectivity index (χ3n) is 4.06. The van der Waals surface area contributed by atoms with Gasteiger partial charge in [0.2, 0.25) is 0 Å². The zero-order valence-corrected chi connectivity index (χ0v) is 22.4. The summed E-state index contributed by atoms with van der Waals surface area (Å²) in [6.07, 6.45) is 0. The van der Waals surface area contributed by atoms with Crippen LogP contribution in [0, 0.1) is 7.14 Å². The molecule has 0 aliphatic carbocycles. The van der Waals surface area contributed by atoms with Crippen LogP contribution in [0.3, 0.4) is 0 Å². The van der Waals surface area contributed by atoms with Crippen molar-refractivity contribution in [1.82, 2.24) is 0 Å². The van der Waals surface area contributed by atoms with Gasteiger partial charge in [0.1, 0.15) is 0 Å². The van der Waals surface area contributed by atoms with Gasteiger partial charge in [-0.2, -0.15) is 0 Å². The molecule has 2 nitrogen and oxygen atoms in total. The number of alkyl halides is 2. The van der Waals surface area contributed by atoms with E-state index in [-0.39, 0.29) is 5.60 Å². The van der Waals surface area contributed by atoms with Crippen LogP contribution < -0.4 is 0 Å². The predicted molar refractivity (Wildman–Crippen MR) is 134 cm³/mol. The molecule has 0 amide bonds. The molecule has 2 aromatic carbocycles. The number of benzene rings is 2. The van der Waals surface area contributed by atoms with E-state index in [4.69, 9.17) is 6.13 Å². The van der Waals surface area contributed by atoms with Crippen LogP contribution in [0.25, 0.3) is 0 Å². The van der Waals surface area contributed by atoms with Crippen molar-refractivity contribution in [2.24, 2.45) is 0 Å². The quantitative estimate of drug-likeness (QED) is 0.208. The topological polar surface area (TPSA) is 18.5 Å². The third kappa shape index (κ3) is 4.90. The first-order valence-electron chi connectivity index (χ1n) is 8.15. The zero-order chi connectivity index (χ0) is 19.5. The first kappa shape index (κ1) is 22.8. The normalized spacial score (nSPS) is 20.9. The molecule has 0 bridgehead atoms. The maximum absolute atomic E-state index is 13.3. The van der Waals surface area contributed by atoms with Gasteiger partial charge in [0.25, 0.3) is 0 Å². The average Bonchev–Trinajstić information content (AvgIpc) is 3.00. The average molecular weight is 698 g/mol. The van der Waals surface area contributed by atoms with Gasteiger partial charge in [-0.1, -0.05) is 22.6 Å².